The molecular formula is C17H13ClFN3O2. The zero-order valence-corrected chi connectivity index (χ0v) is 13.3. The van der Waals surface area contributed by atoms with E-state index in [2.05, 4.69) is 10.3 Å². The number of rotatable bonds is 3. The highest BCUT2D eigenvalue weighted by atomic mass is 35.5. The Morgan fingerprint density at radius 1 is 1.25 bits per heavy atom. The Kier molecular flexibility index (Phi) is 3.49. The number of nitrogens with one attached hydrogen (secondary N) is 1. The second-order valence-electron chi connectivity index (χ2n) is 5.94. The molecule has 0 radical (unpaired) electrons. The van der Waals surface area contributed by atoms with E-state index < -0.39 is 5.82 Å². The highest BCUT2D eigenvalue weighted by Crippen LogP contribution is 2.45. The molecule has 1 aliphatic heterocycles. The molecule has 1 saturated heterocycles. The molecule has 122 valence electrons. The molecule has 0 bridgehead atoms. The number of halogens is 2. The monoisotopic (exact) mass is 345 g/mol. The Hall–Kier alpha value is -2.47. The third-order valence-corrected chi connectivity index (χ3v) is 4.69. The van der Waals surface area contributed by atoms with E-state index in [1.807, 2.05) is 12.1 Å². The molecule has 4 rings (SSSR count). The summed E-state index contributed by atoms with van der Waals surface area (Å²) in [5.41, 5.74) is 2.40. The van der Waals surface area contributed by atoms with Gasteiger partial charge in [-0.05, 0) is 36.2 Å². The summed E-state index contributed by atoms with van der Waals surface area (Å²) >= 11 is 5.80. The van der Waals surface area contributed by atoms with E-state index in [9.17, 15) is 14.0 Å². The van der Waals surface area contributed by atoms with Crippen LogP contribution in [0.1, 0.15) is 17.9 Å². The van der Waals surface area contributed by atoms with Gasteiger partial charge in [0.1, 0.15) is 5.82 Å². The van der Waals surface area contributed by atoms with Gasteiger partial charge >= 0.3 is 6.03 Å². The first kappa shape index (κ1) is 15.1. The van der Waals surface area contributed by atoms with Crippen molar-refractivity contribution in [3.63, 3.8) is 0 Å². The molecule has 1 aromatic heterocycles. The first-order valence-corrected chi connectivity index (χ1v) is 7.93. The number of benzene rings is 1. The Morgan fingerprint density at radius 2 is 2.08 bits per heavy atom. The van der Waals surface area contributed by atoms with Gasteiger partial charge in [-0.3, -0.25) is 14.7 Å². The van der Waals surface area contributed by atoms with Gasteiger partial charge in [0.25, 0.3) is 0 Å². The fourth-order valence-electron chi connectivity index (χ4n) is 3.05. The van der Waals surface area contributed by atoms with E-state index in [1.165, 1.54) is 17.0 Å². The highest BCUT2D eigenvalue weighted by Gasteiger charge is 2.49. The van der Waals surface area contributed by atoms with Crippen LogP contribution in [0.25, 0.3) is 11.3 Å². The van der Waals surface area contributed by atoms with Crippen molar-refractivity contribution in [2.45, 2.75) is 18.4 Å². The lowest BCUT2D eigenvalue weighted by atomic mass is 10.1. The van der Waals surface area contributed by atoms with Gasteiger partial charge in [0.2, 0.25) is 5.91 Å². The molecule has 2 aromatic rings. The number of urea groups is 1. The van der Waals surface area contributed by atoms with Crippen LogP contribution in [0.2, 0.25) is 5.02 Å². The number of hydrogen-bond donors (Lipinski definition) is 1. The summed E-state index contributed by atoms with van der Waals surface area (Å²) in [6, 6.07) is 7.80. The van der Waals surface area contributed by atoms with Crippen LogP contribution in [0.4, 0.5) is 9.18 Å². The number of aromatic nitrogens is 1. The van der Waals surface area contributed by atoms with E-state index in [4.69, 9.17) is 11.6 Å². The molecule has 7 heteroatoms. The molecule has 1 aliphatic carbocycles. The summed E-state index contributed by atoms with van der Waals surface area (Å²) in [7, 11) is 0. The number of imide groups is 1. The van der Waals surface area contributed by atoms with Crippen LogP contribution in [0.15, 0.2) is 36.5 Å². The fourth-order valence-corrected chi connectivity index (χ4v) is 3.23. The molecule has 0 unspecified atom stereocenters. The van der Waals surface area contributed by atoms with E-state index in [1.54, 1.807) is 12.3 Å². The van der Waals surface area contributed by atoms with Gasteiger partial charge < -0.3 is 5.32 Å². The topological polar surface area (TPSA) is 62.3 Å². The van der Waals surface area contributed by atoms with E-state index >= 15 is 0 Å². The normalized spacial score (nSPS) is 22.7. The third-order valence-electron chi connectivity index (χ3n) is 4.40. The summed E-state index contributed by atoms with van der Waals surface area (Å²) < 4.78 is 13.2. The SMILES string of the molecule is O=C1CNC(=O)N1[C@@H]1C[C@H]1c1ccc(-c2ccc(F)c(Cl)c2)nc1. The standard InChI is InChI=1S/C17H13ClFN3O2/c18-12-5-9(1-3-13(12)19)14-4-2-10(7-20-14)11-6-15(11)22-16(23)8-21-17(22)24/h1-5,7,11,15H,6,8H2,(H,21,24)/t11-,15+/m0/s1. The second kappa shape index (κ2) is 5.56. The molecule has 2 heterocycles. The minimum atomic E-state index is -0.466. The minimum Gasteiger partial charge on any atom is -0.329 e. The first-order valence-electron chi connectivity index (χ1n) is 7.56. The number of amides is 3. The zero-order chi connectivity index (χ0) is 16.8. The Bertz CT molecular complexity index is 824. The number of nitrogens with zero attached hydrogens (tertiary/aromatic N) is 2. The van der Waals surface area contributed by atoms with Crippen molar-refractivity contribution in [3.05, 3.63) is 52.9 Å². The maximum absolute atomic E-state index is 13.2. The van der Waals surface area contributed by atoms with Gasteiger partial charge in [0, 0.05) is 23.7 Å². The summed E-state index contributed by atoms with van der Waals surface area (Å²) in [6.07, 6.45) is 2.48. The summed E-state index contributed by atoms with van der Waals surface area (Å²) in [5, 5.41) is 2.59. The molecule has 5 nitrogen and oxygen atoms in total. The van der Waals surface area contributed by atoms with E-state index in [-0.39, 0.29) is 35.5 Å². The summed E-state index contributed by atoms with van der Waals surface area (Å²) in [4.78, 5) is 29.1. The average Bonchev–Trinajstić information content (AvgIpc) is 3.29. The van der Waals surface area contributed by atoms with Crippen molar-refractivity contribution in [1.82, 2.24) is 15.2 Å². The largest absolute Gasteiger partial charge is 0.329 e. The van der Waals surface area contributed by atoms with Gasteiger partial charge in [0.15, 0.2) is 0 Å². The lowest BCUT2D eigenvalue weighted by Gasteiger charge is -2.12. The lowest BCUT2D eigenvalue weighted by molar-refractivity contribution is -0.125. The van der Waals surface area contributed by atoms with Crippen LogP contribution < -0.4 is 5.32 Å². The van der Waals surface area contributed by atoms with Gasteiger partial charge in [-0.1, -0.05) is 17.7 Å². The first-order chi connectivity index (χ1) is 11.5. The molecule has 2 aliphatic rings. The smallest absolute Gasteiger partial charge is 0.324 e. The maximum atomic E-state index is 13.2. The Balaban J connectivity index is 1.52. The predicted molar refractivity (Wildman–Crippen MR) is 86.0 cm³/mol. The lowest BCUT2D eigenvalue weighted by Crippen LogP contribution is -2.33. The molecule has 2 atom stereocenters. The van der Waals surface area contributed by atoms with Crippen LogP contribution >= 0.6 is 11.6 Å². The van der Waals surface area contributed by atoms with Crippen molar-refractivity contribution in [3.8, 4) is 11.3 Å². The van der Waals surface area contributed by atoms with Crippen LogP contribution in [0.3, 0.4) is 0 Å². The van der Waals surface area contributed by atoms with Crippen LogP contribution in [-0.2, 0) is 4.79 Å². The molecule has 1 aromatic carbocycles. The third kappa shape index (κ3) is 2.53. The number of pyridine rings is 1. The quantitative estimate of drug-likeness (QED) is 0.870. The Labute approximate surface area is 142 Å². The van der Waals surface area contributed by atoms with Crippen molar-refractivity contribution >= 4 is 23.5 Å². The second-order valence-corrected chi connectivity index (χ2v) is 6.34. The van der Waals surface area contributed by atoms with Gasteiger partial charge in [-0.25, -0.2) is 9.18 Å². The van der Waals surface area contributed by atoms with Gasteiger partial charge in [0.05, 0.1) is 17.3 Å². The van der Waals surface area contributed by atoms with Crippen LogP contribution in [-0.4, -0.2) is 34.4 Å². The van der Waals surface area contributed by atoms with Gasteiger partial charge in [-0.15, -0.1) is 0 Å². The number of carbonyl (C=O) groups excluding carboxylic acids is 2. The molecule has 0 spiro atoms. The summed E-state index contributed by atoms with van der Waals surface area (Å²) in [5.74, 6) is -0.527. The van der Waals surface area contributed by atoms with Gasteiger partial charge in [-0.2, -0.15) is 0 Å². The molecule has 3 amide bonds. The maximum Gasteiger partial charge on any atom is 0.324 e. The van der Waals surface area contributed by atoms with E-state index in [0.29, 0.717) is 5.69 Å². The average molecular weight is 346 g/mol. The molecule has 24 heavy (non-hydrogen) atoms. The fraction of sp³-hybridized carbons (Fsp3) is 0.235. The number of hydrogen-bond acceptors (Lipinski definition) is 3. The van der Waals surface area contributed by atoms with Crippen molar-refractivity contribution < 1.29 is 14.0 Å². The van der Waals surface area contributed by atoms with Crippen molar-refractivity contribution in [2.24, 2.45) is 0 Å². The number of carbonyl (C=O) groups is 2. The van der Waals surface area contributed by atoms with E-state index in [0.717, 1.165) is 17.5 Å². The minimum absolute atomic E-state index is 0.0548. The molecule has 1 saturated carbocycles. The highest BCUT2D eigenvalue weighted by molar-refractivity contribution is 6.31. The zero-order valence-electron chi connectivity index (χ0n) is 12.5. The predicted octanol–water partition coefficient (Wildman–Crippen LogP) is 2.95. The van der Waals surface area contributed by atoms with Crippen LogP contribution in [0, 0.1) is 5.82 Å². The van der Waals surface area contributed by atoms with Crippen LogP contribution in [0.5, 0.6) is 0 Å². The molecular weight excluding hydrogens is 333 g/mol. The Morgan fingerprint density at radius 3 is 2.71 bits per heavy atom. The summed E-state index contributed by atoms with van der Waals surface area (Å²) in [6.45, 7) is 0.0740. The molecule has 1 N–H and O–H groups in total. The van der Waals surface area contributed by atoms with Crippen molar-refractivity contribution in [1.29, 1.82) is 0 Å². The molecule has 2 fully saturated rings. The van der Waals surface area contributed by atoms with Crippen molar-refractivity contribution in [2.75, 3.05) is 6.54 Å².